The molecule has 0 saturated carbocycles. The van der Waals surface area contributed by atoms with Gasteiger partial charge in [0.1, 0.15) is 11.9 Å². The molecule has 0 unspecified atom stereocenters. The number of hydrogen-bond acceptors (Lipinski definition) is 6. The molecule has 7 nitrogen and oxygen atoms in total. The lowest BCUT2D eigenvalue weighted by Crippen LogP contribution is -2.43. The lowest BCUT2D eigenvalue weighted by Gasteiger charge is -2.23. The number of carbonyl (C=O) groups is 1. The summed E-state index contributed by atoms with van der Waals surface area (Å²) in [5.41, 5.74) is 1.98. The molecule has 3 heterocycles. The van der Waals surface area contributed by atoms with E-state index in [9.17, 15) is 9.59 Å². The number of rotatable bonds is 5. The Hall–Kier alpha value is -3.52. The highest BCUT2D eigenvalue weighted by Gasteiger charge is 2.33. The van der Waals surface area contributed by atoms with Gasteiger partial charge >= 0.3 is 0 Å². The third-order valence-electron chi connectivity index (χ3n) is 5.72. The van der Waals surface area contributed by atoms with Crippen LogP contribution >= 0.6 is 11.3 Å². The van der Waals surface area contributed by atoms with Crippen molar-refractivity contribution in [1.82, 2.24) is 19.9 Å². The first-order chi connectivity index (χ1) is 15.6. The second-order valence-electron chi connectivity index (χ2n) is 7.84. The van der Waals surface area contributed by atoms with Crippen molar-refractivity contribution in [3.05, 3.63) is 82.4 Å². The molecule has 8 heteroatoms. The zero-order chi connectivity index (χ0) is 22.1. The number of fused-ring (bicyclic) bond motifs is 1. The Kier molecular flexibility index (Phi) is 5.45. The molecule has 1 amide bonds. The molecule has 1 atom stereocenters. The monoisotopic (exact) mass is 445 g/mol. The standard InChI is InChI=1S/C24H23N5O2S/c1-16-26-22-20(23(31)29(16)18-11-6-3-7-12-18)27-24(32-22)28-14-8-13-19(28)21(30)25-15-17-9-4-2-5-10-17/h2-7,9-12,19H,8,13-15H2,1H3,(H,25,30)/t19-/m1/s1. The van der Waals surface area contributed by atoms with Crippen LogP contribution < -0.4 is 15.8 Å². The number of nitrogens with one attached hydrogen (secondary N) is 1. The van der Waals surface area contributed by atoms with Gasteiger partial charge in [-0.2, -0.15) is 0 Å². The second-order valence-corrected chi connectivity index (χ2v) is 8.80. The number of amides is 1. The lowest BCUT2D eigenvalue weighted by molar-refractivity contribution is -0.122. The SMILES string of the molecule is Cc1nc2sc(N3CCC[C@@H]3C(=O)NCc3ccccc3)nc2c(=O)n1-c1ccccc1. The summed E-state index contributed by atoms with van der Waals surface area (Å²) in [6.45, 7) is 3.05. The highest BCUT2D eigenvalue weighted by molar-refractivity contribution is 7.21. The van der Waals surface area contributed by atoms with Crippen molar-refractivity contribution < 1.29 is 4.79 Å². The number of aryl methyl sites for hydroxylation is 1. The minimum absolute atomic E-state index is 0.0172. The molecule has 162 valence electrons. The van der Waals surface area contributed by atoms with E-state index in [1.807, 2.05) is 72.5 Å². The molecule has 1 N–H and O–H groups in total. The highest BCUT2D eigenvalue weighted by Crippen LogP contribution is 2.32. The predicted octanol–water partition coefficient (Wildman–Crippen LogP) is 3.44. The smallest absolute Gasteiger partial charge is 0.285 e. The van der Waals surface area contributed by atoms with Gasteiger partial charge in [0, 0.05) is 13.1 Å². The van der Waals surface area contributed by atoms with Gasteiger partial charge in [-0.3, -0.25) is 14.2 Å². The van der Waals surface area contributed by atoms with Crippen molar-refractivity contribution >= 4 is 32.7 Å². The molecule has 1 fully saturated rings. The van der Waals surface area contributed by atoms with Crippen LogP contribution in [0.25, 0.3) is 16.0 Å². The molecule has 2 aromatic carbocycles. The zero-order valence-corrected chi connectivity index (χ0v) is 18.5. The summed E-state index contributed by atoms with van der Waals surface area (Å²) >= 11 is 1.37. The number of aromatic nitrogens is 3. The summed E-state index contributed by atoms with van der Waals surface area (Å²) in [5, 5.41) is 3.71. The van der Waals surface area contributed by atoms with E-state index in [1.165, 1.54) is 11.3 Å². The Morgan fingerprint density at radius 2 is 1.81 bits per heavy atom. The molecule has 4 aromatic rings. The quantitative estimate of drug-likeness (QED) is 0.509. The summed E-state index contributed by atoms with van der Waals surface area (Å²) in [6, 6.07) is 19.0. The normalized spacial score (nSPS) is 15.9. The van der Waals surface area contributed by atoms with Gasteiger partial charge in [-0.1, -0.05) is 59.9 Å². The van der Waals surface area contributed by atoms with Crippen molar-refractivity contribution in [2.45, 2.75) is 32.4 Å². The van der Waals surface area contributed by atoms with Crippen molar-refractivity contribution in [1.29, 1.82) is 0 Å². The molecule has 0 spiro atoms. The largest absolute Gasteiger partial charge is 0.350 e. The first kappa shape index (κ1) is 20.4. The molecule has 0 bridgehead atoms. The number of benzene rings is 2. The maximum atomic E-state index is 13.2. The van der Waals surface area contributed by atoms with Gasteiger partial charge in [0.25, 0.3) is 5.56 Å². The topological polar surface area (TPSA) is 80.1 Å². The van der Waals surface area contributed by atoms with Crippen LogP contribution in [0.3, 0.4) is 0 Å². The maximum Gasteiger partial charge on any atom is 0.285 e. The number of nitrogens with zero attached hydrogens (tertiary/aromatic N) is 4. The van der Waals surface area contributed by atoms with Crippen LogP contribution in [-0.4, -0.2) is 33.0 Å². The van der Waals surface area contributed by atoms with Crippen molar-refractivity contribution in [3.8, 4) is 5.69 Å². The van der Waals surface area contributed by atoms with E-state index in [2.05, 4.69) is 15.3 Å². The van der Waals surface area contributed by atoms with Gasteiger partial charge in [-0.15, -0.1) is 0 Å². The molecule has 1 aliphatic rings. The fourth-order valence-corrected chi connectivity index (χ4v) is 5.19. The average Bonchev–Trinajstić information content (AvgIpc) is 3.46. The summed E-state index contributed by atoms with van der Waals surface area (Å²) in [6.07, 6.45) is 1.66. The summed E-state index contributed by atoms with van der Waals surface area (Å²) < 4.78 is 1.58. The van der Waals surface area contributed by atoms with E-state index in [-0.39, 0.29) is 17.5 Å². The summed E-state index contributed by atoms with van der Waals surface area (Å²) in [7, 11) is 0. The third-order valence-corrected chi connectivity index (χ3v) is 6.70. The van der Waals surface area contributed by atoms with Gasteiger partial charge in [0.2, 0.25) is 5.91 Å². The van der Waals surface area contributed by atoms with Gasteiger partial charge < -0.3 is 10.2 Å². The van der Waals surface area contributed by atoms with Gasteiger partial charge in [0.15, 0.2) is 15.5 Å². The van der Waals surface area contributed by atoms with Crippen LogP contribution in [0.15, 0.2) is 65.5 Å². The Bertz CT molecular complexity index is 1320. The Morgan fingerprint density at radius 1 is 1.09 bits per heavy atom. The minimum atomic E-state index is -0.295. The minimum Gasteiger partial charge on any atom is -0.350 e. The number of para-hydroxylation sites is 1. The van der Waals surface area contributed by atoms with Crippen LogP contribution in [0.4, 0.5) is 5.13 Å². The molecule has 0 radical (unpaired) electrons. The Balaban J connectivity index is 1.43. The molecule has 5 rings (SSSR count). The summed E-state index contributed by atoms with van der Waals surface area (Å²) in [4.78, 5) is 38.0. The van der Waals surface area contributed by atoms with Crippen LogP contribution in [0.2, 0.25) is 0 Å². The van der Waals surface area contributed by atoms with Crippen molar-refractivity contribution in [3.63, 3.8) is 0 Å². The van der Waals surface area contributed by atoms with Crippen LogP contribution in [0.1, 0.15) is 24.2 Å². The number of anilines is 1. The van der Waals surface area contributed by atoms with Crippen LogP contribution in [-0.2, 0) is 11.3 Å². The van der Waals surface area contributed by atoms with E-state index in [1.54, 1.807) is 4.57 Å². The maximum absolute atomic E-state index is 13.2. The number of carbonyl (C=O) groups excluding carboxylic acids is 1. The van der Waals surface area contributed by atoms with Crippen LogP contribution in [0, 0.1) is 6.92 Å². The average molecular weight is 446 g/mol. The molecule has 2 aromatic heterocycles. The predicted molar refractivity (Wildman–Crippen MR) is 126 cm³/mol. The molecular formula is C24H23N5O2S. The van der Waals surface area contributed by atoms with E-state index >= 15 is 0 Å². The number of thiazole rings is 1. The van der Waals surface area contributed by atoms with E-state index in [0.29, 0.717) is 27.8 Å². The highest BCUT2D eigenvalue weighted by atomic mass is 32.1. The summed E-state index contributed by atoms with van der Waals surface area (Å²) in [5.74, 6) is 0.596. The van der Waals surface area contributed by atoms with Gasteiger partial charge in [-0.25, -0.2) is 9.97 Å². The Morgan fingerprint density at radius 3 is 2.56 bits per heavy atom. The van der Waals surface area contributed by atoms with E-state index in [4.69, 9.17) is 0 Å². The number of hydrogen-bond donors (Lipinski definition) is 1. The molecular weight excluding hydrogens is 422 g/mol. The first-order valence-corrected chi connectivity index (χ1v) is 11.5. The van der Waals surface area contributed by atoms with Crippen molar-refractivity contribution in [2.24, 2.45) is 0 Å². The third kappa shape index (κ3) is 3.78. The lowest BCUT2D eigenvalue weighted by atomic mass is 10.2. The zero-order valence-electron chi connectivity index (χ0n) is 17.7. The second kappa shape index (κ2) is 8.55. The van der Waals surface area contributed by atoms with Crippen molar-refractivity contribution in [2.75, 3.05) is 11.4 Å². The first-order valence-electron chi connectivity index (χ1n) is 10.7. The molecule has 32 heavy (non-hydrogen) atoms. The van der Waals surface area contributed by atoms with Crippen LogP contribution in [0.5, 0.6) is 0 Å². The molecule has 1 saturated heterocycles. The van der Waals surface area contributed by atoms with E-state index in [0.717, 1.165) is 30.6 Å². The van der Waals surface area contributed by atoms with Gasteiger partial charge in [0.05, 0.1) is 5.69 Å². The molecule has 1 aliphatic heterocycles. The fourth-order valence-electron chi connectivity index (χ4n) is 4.14. The fraction of sp³-hybridized carbons (Fsp3) is 0.250. The van der Waals surface area contributed by atoms with Gasteiger partial charge in [-0.05, 0) is 37.5 Å². The Labute approximate surface area is 189 Å². The van der Waals surface area contributed by atoms with E-state index < -0.39 is 0 Å². The molecule has 0 aliphatic carbocycles.